The lowest BCUT2D eigenvalue weighted by atomic mass is 10.5. The molecule has 0 atom stereocenters. The topological polar surface area (TPSA) is 110 Å². The Balaban J connectivity index is 3.06. The van der Waals surface area contributed by atoms with E-state index in [9.17, 15) is 13.2 Å². The Labute approximate surface area is 112 Å². The van der Waals surface area contributed by atoms with Gasteiger partial charge in [0, 0.05) is 20.1 Å². The number of hydrogen-bond donors (Lipinski definition) is 2. The minimum Gasteiger partial charge on any atom is -0.381 e. The van der Waals surface area contributed by atoms with Crippen molar-refractivity contribution >= 4 is 21.7 Å². The van der Waals surface area contributed by atoms with Crippen LogP contribution in [0, 0.1) is 0 Å². The van der Waals surface area contributed by atoms with Crippen LogP contribution in [0.5, 0.6) is 0 Å². The van der Waals surface area contributed by atoms with Crippen molar-refractivity contribution < 1.29 is 13.2 Å². The molecule has 0 saturated heterocycles. The molecule has 0 aliphatic carbocycles. The molecule has 1 heterocycles. The number of nitrogens with zero attached hydrogens (tertiary/aromatic N) is 3. The summed E-state index contributed by atoms with van der Waals surface area (Å²) in [7, 11) is -2.30. The first-order valence-corrected chi connectivity index (χ1v) is 7.32. The van der Waals surface area contributed by atoms with Gasteiger partial charge in [-0.15, -0.1) is 0 Å². The Bertz CT molecular complexity index is 532. The Morgan fingerprint density at radius 2 is 2.16 bits per heavy atom. The first-order chi connectivity index (χ1) is 8.84. The van der Waals surface area contributed by atoms with Crippen LogP contribution in [0.2, 0.25) is 0 Å². The lowest BCUT2D eigenvalue weighted by molar-refractivity contribution is -0.121. The molecule has 108 valence electrons. The summed E-state index contributed by atoms with van der Waals surface area (Å²) in [5, 5.41) is 2.46. The highest BCUT2D eigenvalue weighted by atomic mass is 32.2. The van der Waals surface area contributed by atoms with Crippen LogP contribution in [0.3, 0.4) is 0 Å². The van der Waals surface area contributed by atoms with Crippen molar-refractivity contribution in [1.29, 1.82) is 0 Å². The van der Waals surface area contributed by atoms with Crippen molar-refractivity contribution in [3.05, 3.63) is 6.33 Å². The second kappa shape index (κ2) is 6.02. The maximum Gasteiger partial charge on any atom is 0.262 e. The summed E-state index contributed by atoms with van der Waals surface area (Å²) in [5.41, 5.74) is 5.57. The average molecular weight is 289 g/mol. The first-order valence-electron chi connectivity index (χ1n) is 5.88. The summed E-state index contributed by atoms with van der Waals surface area (Å²) >= 11 is 0. The highest BCUT2D eigenvalue weighted by Crippen LogP contribution is 2.20. The van der Waals surface area contributed by atoms with Crippen molar-refractivity contribution in [2.24, 2.45) is 7.05 Å². The molecule has 9 heteroatoms. The second-order valence-corrected chi connectivity index (χ2v) is 5.78. The summed E-state index contributed by atoms with van der Waals surface area (Å²) in [5.74, 6) is -0.425. The number of hydrogen-bond acceptors (Lipinski definition) is 5. The van der Waals surface area contributed by atoms with E-state index >= 15 is 0 Å². The molecule has 0 aliphatic rings. The Morgan fingerprint density at radius 3 is 2.58 bits per heavy atom. The first kappa shape index (κ1) is 15.4. The molecule has 0 spiro atoms. The molecule has 1 amide bonds. The Hall–Kier alpha value is -1.61. The lowest BCUT2D eigenvalue weighted by Crippen LogP contribution is -2.41. The van der Waals surface area contributed by atoms with Gasteiger partial charge in [-0.2, -0.15) is 4.31 Å². The molecule has 0 radical (unpaired) electrons. The Kier molecular flexibility index (Phi) is 4.90. The molecule has 0 bridgehead atoms. The lowest BCUT2D eigenvalue weighted by Gasteiger charge is -2.20. The van der Waals surface area contributed by atoms with Gasteiger partial charge in [0.25, 0.3) is 10.0 Å². The molecule has 0 unspecified atom stereocenters. The van der Waals surface area contributed by atoms with Gasteiger partial charge in [0.1, 0.15) is 0 Å². The number of likely N-dealkylation sites (N-methyl/N-ethyl adjacent to an activating group) is 2. The molecule has 0 fully saturated rings. The van der Waals surface area contributed by atoms with E-state index in [4.69, 9.17) is 5.73 Å². The van der Waals surface area contributed by atoms with Crippen LogP contribution in [0.4, 0.5) is 5.82 Å². The van der Waals surface area contributed by atoms with E-state index in [2.05, 4.69) is 10.3 Å². The number of nitrogen functional groups attached to an aromatic ring is 1. The molecule has 1 aromatic rings. The minimum atomic E-state index is -3.83. The van der Waals surface area contributed by atoms with Crippen molar-refractivity contribution in [1.82, 2.24) is 19.2 Å². The standard InChI is InChI=1S/C10H19N5O3S/c1-4-12-8(16)6-15(5-2)19(17,18)10-9(11)13-7-14(10)3/h7H,4-6,11H2,1-3H3,(H,12,16). The molecule has 8 nitrogen and oxygen atoms in total. The van der Waals surface area contributed by atoms with Gasteiger partial charge in [-0.1, -0.05) is 6.92 Å². The summed E-state index contributed by atoms with van der Waals surface area (Å²) in [6, 6.07) is 0. The monoisotopic (exact) mass is 289 g/mol. The highest BCUT2D eigenvalue weighted by Gasteiger charge is 2.30. The van der Waals surface area contributed by atoms with Gasteiger partial charge < -0.3 is 15.6 Å². The van der Waals surface area contributed by atoms with Gasteiger partial charge in [-0.25, -0.2) is 13.4 Å². The van der Waals surface area contributed by atoms with Crippen LogP contribution in [0.25, 0.3) is 0 Å². The quantitative estimate of drug-likeness (QED) is 0.708. The van der Waals surface area contributed by atoms with E-state index in [0.717, 1.165) is 4.31 Å². The van der Waals surface area contributed by atoms with E-state index in [0.29, 0.717) is 6.54 Å². The maximum absolute atomic E-state index is 12.4. The fourth-order valence-corrected chi connectivity index (χ4v) is 3.25. The third kappa shape index (κ3) is 3.24. The number of aryl methyl sites for hydroxylation is 1. The number of carbonyl (C=O) groups is 1. The van der Waals surface area contributed by atoms with Gasteiger partial charge in [-0.3, -0.25) is 4.79 Å². The molecular weight excluding hydrogens is 270 g/mol. The van der Waals surface area contributed by atoms with Crippen LogP contribution in [-0.2, 0) is 21.9 Å². The van der Waals surface area contributed by atoms with E-state index < -0.39 is 10.0 Å². The number of rotatable bonds is 6. The molecule has 0 aromatic carbocycles. The zero-order valence-corrected chi connectivity index (χ0v) is 12.1. The third-order valence-electron chi connectivity index (χ3n) is 2.54. The zero-order chi connectivity index (χ0) is 14.6. The Morgan fingerprint density at radius 1 is 1.53 bits per heavy atom. The number of nitrogens with two attached hydrogens (primary N) is 1. The van der Waals surface area contributed by atoms with Crippen LogP contribution in [-0.4, -0.2) is 47.8 Å². The number of carbonyl (C=O) groups excluding carboxylic acids is 1. The van der Waals surface area contributed by atoms with Crippen LogP contribution in [0.1, 0.15) is 13.8 Å². The number of amides is 1. The fourth-order valence-electron chi connectivity index (χ4n) is 1.65. The smallest absolute Gasteiger partial charge is 0.262 e. The average Bonchev–Trinajstić information content (AvgIpc) is 2.66. The van der Waals surface area contributed by atoms with Gasteiger partial charge in [0.2, 0.25) is 5.91 Å². The van der Waals surface area contributed by atoms with Gasteiger partial charge >= 0.3 is 0 Å². The van der Waals surface area contributed by atoms with Crippen LogP contribution in [0.15, 0.2) is 11.4 Å². The molecule has 3 N–H and O–H groups in total. The van der Waals surface area contributed by atoms with Crippen molar-refractivity contribution in [2.75, 3.05) is 25.4 Å². The summed E-state index contributed by atoms with van der Waals surface area (Å²) in [6.07, 6.45) is 1.32. The molecule has 0 saturated carbocycles. The molecule has 0 aliphatic heterocycles. The predicted octanol–water partition coefficient (Wildman–Crippen LogP) is -0.851. The largest absolute Gasteiger partial charge is 0.381 e. The minimum absolute atomic E-state index is 0.0724. The van der Waals surface area contributed by atoms with Crippen molar-refractivity contribution in [2.45, 2.75) is 18.9 Å². The van der Waals surface area contributed by atoms with Gasteiger partial charge in [0.05, 0.1) is 12.9 Å². The van der Waals surface area contributed by atoms with Crippen molar-refractivity contribution in [3.8, 4) is 0 Å². The number of anilines is 1. The van der Waals surface area contributed by atoms with E-state index in [-0.39, 0.29) is 29.8 Å². The summed E-state index contributed by atoms with van der Waals surface area (Å²) in [6.45, 7) is 3.80. The van der Waals surface area contributed by atoms with Crippen LogP contribution >= 0.6 is 0 Å². The normalized spacial score (nSPS) is 11.8. The molecular formula is C10H19N5O3S. The van der Waals surface area contributed by atoms with Crippen molar-refractivity contribution in [3.63, 3.8) is 0 Å². The van der Waals surface area contributed by atoms with Gasteiger partial charge in [0.15, 0.2) is 10.8 Å². The van der Waals surface area contributed by atoms with E-state index in [1.807, 2.05) is 0 Å². The summed E-state index contributed by atoms with van der Waals surface area (Å²) < 4.78 is 27.2. The molecule has 1 aromatic heterocycles. The second-order valence-electron chi connectivity index (χ2n) is 3.93. The number of aromatic nitrogens is 2. The van der Waals surface area contributed by atoms with E-state index in [1.165, 1.54) is 17.9 Å². The number of sulfonamides is 1. The third-order valence-corrected chi connectivity index (χ3v) is 4.59. The molecule has 1 rings (SSSR count). The van der Waals surface area contributed by atoms with Crippen LogP contribution < -0.4 is 11.1 Å². The SMILES string of the molecule is CCNC(=O)CN(CC)S(=O)(=O)c1c(N)ncn1C. The highest BCUT2D eigenvalue weighted by molar-refractivity contribution is 7.89. The van der Waals surface area contributed by atoms with Gasteiger partial charge in [-0.05, 0) is 6.92 Å². The zero-order valence-electron chi connectivity index (χ0n) is 11.3. The maximum atomic E-state index is 12.4. The number of imidazole rings is 1. The summed E-state index contributed by atoms with van der Waals surface area (Å²) in [4.78, 5) is 15.3. The predicted molar refractivity (Wildman–Crippen MR) is 70.7 cm³/mol. The molecule has 19 heavy (non-hydrogen) atoms. The van der Waals surface area contributed by atoms with E-state index in [1.54, 1.807) is 13.8 Å². The number of nitrogens with one attached hydrogen (secondary N) is 1. The fraction of sp³-hybridized carbons (Fsp3) is 0.600.